The minimum atomic E-state index is 0.108. The Labute approximate surface area is 197 Å². The van der Waals surface area contributed by atoms with Gasteiger partial charge in [-0.05, 0) is 42.7 Å². The topological polar surface area (TPSA) is 43.0 Å². The molecule has 0 saturated carbocycles. The summed E-state index contributed by atoms with van der Waals surface area (Å²) in [7, 11) is 3.37. The largest absolute Gasteiger partial charge is 0.493 e. The van der Waals surface area contributed by atoms with Gasteiger partial charge in [0.25, 0.3) is 0 Å². The summed E-state index contributed by atoms with van der Waals surface area (Å²) >= 11 is 0. The fourth-order valence-corrected chi connectivity index (χ4v) is 4.65. The summed E-state index contributed by atoms with van der Waals surface area (Å²) in [6.07, 6.45) is 0. The summed E-state index contributed by atoms with van der Waals surface area (Å²) in [5.74, 6) is 2.00. The first-order valence-corrected chi connectivity index (χ1v) is 11.5. The van der Waals surface area contributed by atoms with Gasteiger partial charge in [-0.15, -0.1) is 0 Å². The van der Waals surface area contributed by atoms with Crippen molar-refractivity contribution in [2.45, 2.75) is 26.5 Å². The second-order valence-corrected chi connectivity index (χ2v) is 8.64. The molecule has 1 atom stereocenters. The van der Waals surface area contributed by atoms with Crippen molar-refractivity contribution in [2.75, 3.05) is 40.4 Å². The SMILES string of the molecule is COc1cc(C(c2cc(C)cc(C)c2)N2CCNCC2)cc(OC)c1OCc1ccccc1. The Bertz CT molecular complexity index is 1020. The Hall–Kier alpha value is -3.02. The number of ether oxygens (including phenoxy) is 3. The molecule has 33 heavy (non-hydrogen) atoms. The zero-order valence-electron chi connectivity index (χ0n) is 20.1. The van der Waals surface area contributed by atoms with Gasteiger partial charge in [0.15, 0.2) is 11.5 Å². The molecule has 1 aliphatic heterocycles. The van der Waals surface area contributed by atoms with Crippen molar-refractivity contribution in [3.63, 3.8) is 0 Å². The normalized spacial score (nSPS) is 15.2. The molecular formula is C28H34N2O3. The van der Waals surface area contributed by atoms with Crippen LogP contribution in [-0.4, -0.2) is 45.3 Å². The number of methoxy groups -OCH3 is 2. The van der Waals surface area contributed by atoms with Crippen LogP contribution in [0.15, 0.2) is 60.7 Å². The van der Waals surface area contributed by atoms with Crippen molar-refractivity contribution >= 4 is 0 Å². The van der Waals surface area contributed by atoms with Crippen molar-refractivity contribution in [2.24, 2.45) is 0 Å². The fourth-order valence-electron chi connectivity index (χ4n) is 4.65. The molecule has 1 saturated heterocycles. The average Bonchev–Trinajstić information content (AvgIpc) is 2.83. The number of hydrogen-bond acceptors (Lipinski definition) is 5. The molecule has 4 rings (SSSR count). The van der Waals surface area contributed by atoms with Gasteiger partial charge in [-0.3, -0.25) is 4.90 Å². The Balaban J connectivity index is 1.74. The van der Waals surface area contributed by atoms with E-state index in [1.165, 1.54) is 16.7 Å². The summed E-state index contributed by atoms with van der Waals surface area (Å²) < 4.78 is 17.8. The monoisotopic (exact) mass is 446 g/mol. The number of nitrogens with one attached hydrogen (secondary N) is 1. The molecule has 174 valence electrons. The lowest BCUT2D eigenvalue weighted by Crippen LogP contribution is -2.45. The maximum Gasteiger partial charge on any atom is 0.203 e. The third-order valence-electron chi connectivity index (χ3n) is 6.10. The van der Waals surface area contributed by atoms with E-state index >= 15 is 0 Å². The van der Waals surface area contributed by atoms with Gasteiger partial charge in [0.2, 0.25) is 5.75 Å². The second-order valence-electron chi connectivity index (χ2n) is 8.64. The molecular weight excluding hydrogens is 412 g/mol. The highest BCUT2D eigenvalue weighted by atomic mass is 16.5. The molecule has 5 heteroatoms. The van der Waals surface area contributed by atoms with E-state index in [4.69, 9.17) is 14.2 Å². The highest BCUT2D eigenvalue weighted by Gasteiger charge is 2.27. The van der Waals surface area contributed by atoms with Crippen molar-refractivity contribution in [1.29, 1.82) is 0 Å². The van der Waals surface area contributed by atoms with E-state index in [2.05, 4.69) is 54.4 Å². The first kappa shape index (κ1) is 23.1. The van der Waals surface area contributed by atoms with E-state index in [9.17, 15) is 0 Å². The second kappa shape index (κ2) is 10.7. The predicted octanol–water partition coefficient (Wildman–Crippen LogP) is 4.89. The van der Waals surface area contributed by atoms with E-state index in [0.29, 0.717) is 23.9 Å². The summed E-state index contributed by atoms with van der Waals surface area (Å²) in [5, 5.41) is 3.47. The molecule has 1 N–H and O–H groups in total. The van der Waals surface area contributed by atoms with Crippen LogP contribution in [0, 0.1) is 13.8 Å². The molecule has 0 radical (unpaired) electrons. The minimum absolute atomic E-state index is 0.108. The van der Waals surface area contributed by atoms with Gasteiger partial charge in [0.1, 0.15) is 6.61 Å². The van der Waals surface area contributed by atoms with Crippen LogP contribution in [0.2, 0.25) is 0 Å². The van der Waals surface area contributed by atoms with Crippen molar-refractivity contribution in [3.05, 3.63) is 88.5 Å². The number of piperazine rings is 1. The Morgan fingerprint density at radius 1 is 0.818 bits per heavy atom. The van der Waals surface area contributed by atoms with Crippen LogP contribution >= 0.6 is 0 Å². The number of benzene rings is 3. The predicted molar refractivity (Wildman–Crippen MR) is 133 cm³/mol. The van der Waals surface area contributed by atoms with Crippen LogP contribution < -0.4 is 19.5 Å². The Morgan fingerprint density at radius 2 is 1.39 bits per heavy atom. The molecule has 1 fully saturated rings. The molecule has 0 aliphatic carbocycles. The maximum absolute atomic E-state index is 6.19. The molecule has 5 nitrogen and oxygen atoms in total. The maximum atomic E-state index is 6.19. The average molecular weight is 447 g/mol. The van der Waals surface area contributed by atoms with Crippen LogP contribution in [0.1, 0.15) is 33.9 Å². The van der Waals surface area contributed by atoms with Crippen LogP contribution in [0.3, 0.4) is 0 Å². The quantitative estimate of drug-likeness (QED) is 0.533. The van der Waals surface area contributed by atoms with E-state index in [-0.39, 0.29) is 6.04 Å². The smallest absolute Gasteiger partial charge is 0.203 e. The molecule has 3 aromatic rings. The van der Waals surface area contributed by atoms with Crippen LogP contribution in [0.25, 0.3) is 0 Å². The molecule has 1 unspecified atom stereocenters. The van der Waals surface area contributed by atoms with Crippen LogP contribution in [-0.2, 0) is 6.61 Å². The molecule has 1 aliphatic rings. The lowest BCUT2D eigenvalue weighted by molar-refractivity contribution is 0.197. The van der Waals surface area contributed by atoms with Crippen molar-refractivity contribution in [1.82, 2.24) is 10.2 Å². The number of rotatable bonds is 8. The minimum Gasteiger partial charge on any atom is -0.493 e. The van der Waals surface area contributed by atoms with Gasteiger partial charge in [0, 0.05) is 26.2 Å². The van der Waals surface area contributed by atoms with Gasteiger partial charge >= 0.3 is 0 Å². The van der Waals surface area contributed by atoms with E-state index in [1.54, 1.807) is 14.2 Å². The first-order chi connectivity index (χ1) is 16.1. The van der Waals surface area contributed by atoms with E-state index < -0.39 is 0 Å². The molecule has 0 aromatic heterocycles. The number of nitrogens with zero attached hydrogens (tertiary/aromatic N) is 1. The molecule has 0 spiro atoms. The summed E-state index contributed by atoms with van der Waals surface area (Å²) in [6, 6.07) is 21.2. The Morgan fingerprint density at radius 3 is 1.97 bits per heavy atom. The summed E-state index contributed by atoms with van der Waals surface area (Å²) in [6.45, 7) is 8.69. The van der Waals surface area contributed by atoms with Crippen molar-refractivity contribution in [3.8, 4) is 17.2 Å². The molecule has 1 heterocycles. The number of hydrogen-bond donors (Lipinski definition) is 1. The first-order valence-electron chi connectivity index (χ1n) is 11.5. The van der Waals surface area contributed by atoms with Crippen molar-refractivity contribution < 1.29 is 14.2 Å². The zero-order valence-corrected chi connectivity index (χ0v) is 20.1. The fraction of sp³-hybridized carbons (Fsp3) is 0.357. The van der Waals surface area contributed by atoms with Gasteiger partial charge in [-0.1, -0.05) is 59.7 Å². The van der Waals surface area contributed by atoms with E-state index in [0.717, 1.165) is 37.3 Å². The lowest BCUT2D eigenvalue weighted by atomic mass is 9.93. The molecule has 3 aromatic carbocycles. The third kappa shape index (κ3) is 5.49. The summed E-state index contributed by atoms with van der Waals surface area (Å²) in [4.78, 5) is 2.53. The standard InChI is InChI=1S/C28H34N2O3/c1-20-14-21(2)16-23(15-20)27(30-12-10-29-11-13-30)24-17-25(31-3)28(26(18-24)32-4)33-19-22-8-6-5-7-9-22/h5-9,14-18,27,29H,10-13,19H2,1-4H3. The number of aryl methyl sites for hydroxylation is 2. The lowest BCUT2D eigenvalue weighted by Gasteiger charge is -2.36. The highest BCUT2D eigenvalue weighted by molar-refractivity contribution is 5.56. The zero-order chi connectivity index (χ0) is 23.2. The van der Waals surface area contributed by atoms with E-state index in [1.807, 2.05) is 30.3 Å². The highest BCUT2D eigenvalue weighted by Crippen LogP contribution is 2.43. The van der Waals surface area contributed by atoms with Gasteiger partial charge in [-0.25, -0.2) is 0 Å². The van der Waals surface area contributed by atoms with Gasteiger partial charge in [0.05, 0.1) is 20.3 Å². The summed E-state index contributed by atoms with van der Waals surface area (Å²) in [5.41, 5.74) is 6.07. The van der Waals surface area contributed by atoms with Gasteiger partial charge < -0.3 is 19.5 Å². The molecule has 0 bridgehead atoms. The molecule has 0 amide bonds. The Kier molecular flexibility index (Phi) is 7.53. The van der Waals surface area contributed by atoms with Crippen LogP contribution in [0.5, 0.6) is 17.2 Å². The van der Waals surface area contributed by atoms with Gasteiger partial charge in [-0.2, -0.15) is 0 Å². The van der Waals surface area contributed by atoms with Crippen LogP contribution in [0.4, 0.5) is 0 Å². The third-order valence-corrected chi connectivity index (χ3v) is 6.10.